The second-order valence-corrected chi connectivity index (χ2v) is 9.02. The molecule has 27 heavy (non-hydrogen) atoms. The molecule has 2 saturated heterocycles. The fraction of sp³-hybridized carbons (Fsp3) is 0.773. The molecule has 1 aromatic heterocycles. The number of rotatable bonds is 5. The molecule has 1 aromatic rings. The van der Waals surface area contributed by atoms with Gasteiger partial charge < -0.3 is 4.90 Å². The lowest BCUT2D eigenvalue weighted by atomic mass is 9.77. The Bertz CT molecular complexity index is 637. The van der Waals surface area contributed by atoms with Gasteiger partial charge in [-0.1, -0.05) is 6.92 Å². The van der Waals surface area contributed by atoms with E-state index < -0.39 is 0 Å². The van der Waals surface area contributed by atoms with Crippen molar-refractivity contribution in [2.24, 2.45) is 5.92 Å². The molecule has 2 unspecified atom stereocenters. The van der Waals surface area contributed by atoms with E-state index in [1.54, 1.807) is 0 Å². The third kappa shape index (κ3) is 3.75. The van der Waals surface area contributed by atoms with Crippen molar-refractivity contribution in [3.05, 3.63) is 18.0 Å². The van der Waals surface area contributed by atoms with Crippen molar-refractivity contribution in [2.75, 3.05) is 18.0 Å². The molecule has 0 N–H and O–H groups in total. The number of anilines is 1. The summed E-state index contributed by atoms with van der Waals surface area (Å²) in [6.45, 7) is 8.84. The summed E-state index contributed by atoms with van der Waals surface area (Å²) in [5, 5.41) is 0. The number of ketones is 1. The molecule has 0 amide bonds. The third-order valence-electron chi connectivity index (χ3n) is 7.13. The van der Waals surface area contributed by atoms with Crippen LogP contribution in [0.1, 0.15) is 77.2 Å². The SMILES string of the molecule is CCC(=O)[C@H]1CC[C@H](c2cnc(N3C4CCC3CN(C(C)C)C4)nc2)CC1. The van der Waals surface area contributed by atoms with Crippen LogP contribution in [0.25, 0.3) is 0 Å². The van der Waals surface area contributed by atoms with E-state index in [0.717, 1.165) is 44.7 Å². The van der Waals surface area contributed by atoms with Crippen LogP contribution >= 0.6 is 0 Å². The number of Topliss-reactive ketones (excluding diaryl/α,β-unsaturated/α-hetero) is 1. The summed E-state index contributed by atoms with van der Waals surface area (Å²) in [5.74, 6) is 2.18. The highest BCUT2D eigenvalue weighted by Crippen LogP contribution is 2.37. The topological polar surface area (TPSA) is 49.3 Å². The molecule has 2 atom stereocenters. The van der Waals surface area contributed by atoms with E-state index in [0.29, 0.717) is 42.2 Å². The fourth-order valence-corrected chi connectivity index (χ4v) is 5.40. The average molecular weight is 371 g/mol. The minimum absolute atomic E-state index is 0.291. The molecule has 3 heterocycles. The summed E-state index contributed by atoms with van der Waals surface area (Å²) in [4.78, 5) is 26.6. The van der Waals surface area contributed by atoms with E-state index in [2.05, 4.69) is 36.0 Å². The van der Waals surface area contributed by atoms with Gasteiger partial charge in [-0.2, -0.15) is 0 Å². The molecule has 1 saturated carbocycles. The van der Waals surface area contributed by atoms with Crippen molar-refractivity contribution in [3.8, 4) is 0 Å². The maximum Gasteiger partial charge on any atom is 0.225 e. The summed E-state index contributed by atoms with van der Waals surface area (Å²) in [6.07, 6.45) is 11.6. The van der Waals surface area contributed by atoms with Crippen molar-refractivity contribution in [2.45, 2.75) is 89.8 Å². The van der Waals surface area contributed by atoms with Crippen LogP contribution < -0.4 is 4.90 Å². The Labute approximate surface area is 163 Å². The van der Waals surface area contributed by atoms with Gasteiger partial charge in [-0.3, -0.25) is 9.69 Å². The van der Waals surface area contributed by atoms with E-state index >= 15 is 0 Å². The van der Waals surface area contributed by atoms with Crippen LogP contribution in [0, 0.1) is 5.92 Å². The second kappa shape index (κ2) is 7.86. The molecule has 3 aliphatic rings. The van der Waals surface area contributed by atoms with Gasteiger partial charge in [0.1, 0.15) is 5.78 Å². The number of nitrogens with zero attached hydrogens (tertiary/aromatic N) is 4. The smallest absolute Gasteiger partial charge is 0.225 e. The highest BCUT2D eigenvalue weighted by Gasteiger charge is 2.41. The van der Waals surface area contributed by atoms with E-state index in [9.17, 15) is 4.79 Å². The lowest BCUT2D eigenvalue weighted by molar-refractivity contribution is -0.123. The molecule has 0 spiro atoms. The first-order chi connectivity index (χ1) is 13.1. The summed E-state index contributed by atoms with van der Waals surface area (Å²) >= 11 is 0. The lowest BCUT2D eigenvalue weighted by Gasteiger charge is -2.42. The molecule has 4 rings (SSSR count). The van der Waals surface area contributed by atoms with E-state index in [1.807, 2.05) is 6.92 Å². The van der Waals surface area contributed by atoms with Gasteiger partial charge >= 0.3 is 0 Å². The normalized spacial score (nSPS) is 31.5. The Kier molecular flexibility index (Phi) is 5.49. The summed E-state index contributed by atoms with van der Waals surface area (Å²) < 4.78 is 0. The van der Waals surface area contributed by atoms with Crippen molar-refractivity contribution < 1.29 is 4.79 Å². The van der Waals surface area contributed by atoms with Gasteiger partial charge in [0.15, 0.2) is 0 Å². The van der Waals surface area contributed by atoms with Crippen molar-refractivity contribution in [1.82, 2.24) is 14.9 Å². The monoisotopic (exact) mass is 370 g/mol. The number of likely N-dealkylation sites (tertiary alicyclic amines) is 1. The number of hydrogen-bond acceptors (Lipinski definition) is 5. The Balaban J connectivity index is 1.40. The number of aromatic nitrogens is 2. The molecule has 0 aromatic carbocycles. The number of carbonyl (C=O) groups excluding carboxylic acids is 1. The van der Waals surface area contributed by atoms with Gasteiger partial charge in [0.05, 0.1) is 0 Å². The fourth-order valence-electron chi connectivity index (χ4n) is 5.40. The minimum Gasteiger partial charge on any atom is -0.332 e. The lowest BCUT2D eigenvalue weighted by Crippen LogP contribution is -2.56. The summed E-state index contributed by atoms with van der Waals surface area (Å²) in [7, 11) is 0. The summed E-state index contributed by atoms with van der Waals surface area (Å²) in [6, 6.07) is 1.74. The van der Waals surface area contributed by atoms with Crippen LogP contribution in [0.5, 0.6) is 0 Å². The molecule has 3 fully saturated rings. The van der Waals surface area contributed by atoms with Crippen LogP contribution in [0.15, 0.2) is 12.4 Å². The van der Waals surface area contributed by atoms with Crippen LogP contribution in [-0.2, 0) is 4.79 Å². The van der Waals surface area contributed by atoms with Crippen molar-refractivity contribution in [3.63, 3.8) is 0 Å². The molecule has 5 heteroatoms. The molecular formula is C22H34N4O. The number of hydrogen-bond donors (Lipinski definition) is 0. The Morgan fingerprint density at radius 3 is 2.15 bits per heavy atom. The van der Waals surface area contributed by atoms with E-state index in [1.165, 1.54) is 18.4 Å². The Morgan fingerprint density at radius 1 is 1.04 bits per heavy atom. The predicted octanol–water partition coefficient (Wildman–Crippen LogP) is 3.79. The highest BCUT2D eigenvalue weighted by molar-refractivity contribution is 5.80. The van der Waals surface area contributed by atoms with Gasteiger partial charge in [-0.05, 0) is 63.9 Å². The first-order valence-corrected chi connectivity index (χ1v) is 10.9. The van der Waals surface area contributed by atoms with Gasteiger partial charge in [0, 0.05) is 55.9 Å². The first kappa shape index (κ1) is 18.9. The molecule has 2 bridgehead atoms. The van der Waals surface area contributed by atoms with Crippen molar-refractivity contribution in [1.29, 1.82) is 0 Å². The summed E-state index contributed by atoms with van der Waals surface area (Å²) in [5.41, 5.74) is 1.26. The van der Waals surface area contributed by atoms with E-state index in [4.69, 9.17) is 9.97 Å². The van der Waals surface area contributed by atoms with Gasteiger partial charge in [-0.25, -0.2) is 9.97 Å². The van der Waals surface area contributed by atoms with Crippen LogP contribution in [0.2, 0.25) is 0 Å². The van der Waals surface area contributed by atoms with Crippen molar-refractivity contribution >= 4 is 11.7 Å². The van der Waals surface area contributed by atoms with Crippen LogP contribution in [-0.4, -0.2) is 51.9 Å². The molecule has 5 nitrogen and oxygen atoms in total. The molecule has 1 aliphatic carbocycles. The van der Waals surface area contributed by atoms with Gasteiger partial charge in [-0.15, -0.1) is 0 Å². The Morgan fingerprint density at radius 2 is 1.63 bits per heavy atom. The largest absolute Gasteiger partial charge is 0.332 e. The molecular weight excluding hydrogens is 336 g/mol. The van der Waals surface area contributed by atoms with Gasteiger partial charge in [0.25, 0.3) is 0 Å². The quantitative estimate of drug-likeness (QED) is 0.789. The predicted molar refractivity (Wildman–Crippen MR) is 108 cm³/mol. The van der Waals surface area contributed by atoms with Crippen LogP contribution in [0.4, 0.5) is 5.95 Å². The Hall–Kier alpha value is -1.49. The molecule has 2 aliphatic heterocycles. The zero-order valence-electron chi connectivity index (χ0n) is 17.1. The molecule has 0 radical (unpaired) electrons. The molecule has 148 valence electrons. The minimum atomic E-state index is 0.291. The highest BCUT2D eigenvalue weighted by atomic mass is 16.1. The van der Waals surface area contributed by atoms with E-state index in [-0.39, 0.29) is 0 Å². The maximum absolute atomic E-state index is 11.9. The zero-order valence-corrected chi connectivity index (χ0v) is 17.1. The number of fused-ring (bicyclic) bond motifs is 2. The zero-order chi connectivity index (χ0) is 19.0. The number of piperazine rings is 1. The van der Waals surface area contributed by atoms with Crippen LogP contribution in [0.3, 0.4) is 0 Å². The second-order valence-electron chi connectivity index (χ2n) is 9.02. The first-order valence-electron chi connectivity index (χ1n) is 10.9. The average Bonchev–Trinajstić information content (AvgIpc) is 2.96. The van der Waals surface area contributed by atoms with Gasteiger partial charge in [0.2, 0.25) is 5.95 Å². The standard InChI is InChI=1S/C22H34N4O/c1-4-21(27)17-7-5-16(6-8-17)18-11-23-22(24-12-18)26-19-9-10-20(26)14-25(13-19)15(2)3/h11-12,15-17,19-20H,4-10,13-14H2,1-3H3/t16-,17-,19?,20?. The maximum atomic E-state index is 11.9. The third-order valence-corrected chi connectivity index (χ3v) is 7.13. The number of carbonyl (C=O) groups is 1.